The summed E-state index contributed by atoms with van der Waals surface area (Å²) in [7, 11) is 1.33. The van der Waals surface area contributed by atoms with Crippen LogP contribution in [0, 0.1) is 0 Å². The van der Waals surface area contributed by atoms with Crippen LogP contribution in [0.2, 0.25) is 10.3 Å². The standard InChI is InChI=1S/C25H31Cl2N3O7/c1-23(2,3)36-21(33)30(7)25(20(31)32,11-15-9-18(26)29-19(27)10-15)12-16-8-17(14-28-13-16)35-22(34)37-24(4,5)6/h8-10,13-14H,11-12H2,1-7H3,(H,31,32)/t25-/m0/s1. The Bertz CT molecular complexity index is 1140. The molecule has 0 bridgehead atoms. The lowest BCUT2D eigenvalue weighted by molar-refractivity contribution is -0.150. The SMILES string of the molecule is CN(C(=O)OC(C)(C)C)[C@](Cc1cncc(OC(=O)OC(C)(C)C)c1)(Cc1cc(Cl)nc(Cl)c1)C(=O)O. The molecule has 1 atom stereocenters. The van der Waals surface area contributed by atoms with Gasteiger partial charge < -0.3 is 19.3 Å². The summed E-state index contributed by atoms with van der Waals surface area (Å²) in [5.41, 5.74) is -2.73. The molecule has 0 spiro atoms. The molecule has 0 radical (unpaired) electrons. The van der Waals surface area contributed by atoms with Gasteiger partial charge in [-0.2, -0.15) is 0 Å². The molecule has 0 aliphatic heterocycles. The highest BCUT2D eigenvalue weighted by molar-refractivity contribution is 6.32. The van der Waals surface area contributed by atoms with Gasteiger partial charge in [0.05, 0.1) is 6.20 Å². The van der Waals surface area contributed by atoms with Crippen LogP contribution in [0.5, 0.6) is 5.75 Å². The van der Waals surface area contributed by atoms with Gasteiger partial charge in [-0.15, -0.1) is 0 Å². The predicted octanol–water partition coefficient (Wildman–Crippen LogP) is 5.57. The molecule has 0 aliphatic carbocycles. The van der Waals surface area contributed by atoms with Crippen molar-refractivity contribution in [2.75, 3.05) is 7.05 Å². The zero-order chi connectivity index (χ0) is 28.2. The number of carboxylic acid groups (broad SMARTS) is 1. The summed E-state index contributed by atoms with van der Waals surface area (Å²) in [6, 6.07) is 4.38. The van der Waals surface area contributed by atoms with E-state index in [0.29, 0.717) is 11.1 Å². The maximum Gasteiger partial charge on any atom is 0.514 e. The first-order valence-electron chi connectivity index (χ1n) is 11.3. The molecule has 2 heterocycles. The number of aliphatic carboxylic acids is 1. The summed E-state index contributed by atoms with van der Waals surface area (Å²) in [5, 5.41) is 10.6. The zero-order valence-electron chi connectivity index (χ0n) is 21.8. The first-order valence-corrected chi connectivity index (χ1v) is 12.0. The van der Waals surface area contributed by atoms with Crippen LogP contribution < -0.4 is 4.74 Å². The van der Waals surface area contributed by atoms with Crippen molar-refractivity contribution in [3.8, 4) is 5.75 Å². The van der Waals surface area contributed by atoms with Gasteiger partial charge in [0.1, 0.15) is 21.5 Å². The second-order valence-corrected chi connectivity index (χ2v) is 11.2. The fraction of sp³-hybridized carbons (Fsp3) is 0.480. The number of carbonyl (C=O) groups excluding carboxylic acids is 2. The first-order chi connectivity index (χ1) is 16.9. The average Bonchev–Trinajstić information content (AvgIpc) is 2.69. The van der Waals surface area contributed by atoms with Crippen LogP contribution in [0.15, 0.2) is 30.6 Å². The van der Waals surface area contributed by atoms with Crippen LogP contribution in [-0.4, -0.2) is 62.0 Å². The van der Waals surface area contributed by atoms with E-state index in [4.69, 9.17) is 37.4 Å². The van der Waals surface area contributed by atoms with Crippen LogP contribution in [0.25, 0.3) is 0 Å². The number of aromatic nitrogens is 2. The number of hydrogen-bond donors (Lipinski definition) is 1. The molecule has 37 heavy (non-hydrogen) atoms. The van der Waals surface area contributed by atoms with Gasteiger partial charge in [-0.1, -0.05) is 23.2 Å². The number of halogens is 2. The van der Waals surface area contributed by atoms with Gasteiger partial charge in [0.2, 0.25) is 0 Å². The number of ether oxygens (including phenoxy) is 3. The third-order valence-electron chi connectivity index (χ3n) is 4.88. The van der Waals surface area contributed by atoms with Gasteiger partial charge in [-0.05, 0) is 70.9 Å². The third kappa shape index (κ3) is 9.05. The van der Waals surface area contributed by atoms with Crippen molar-refractivity contribution in [2.45, 2.75) is 71.1 Å². The topological polar surface area (TPSA) is 128 Å². The van der Waals surface area contributed by atoms with Crippen LogP contribution in [0.4, 0.5) is 9.59 Å². The second-order valence-electron chi connectivity index (χ2n) is 10.4. The highest BCUT2D eigenvalue weighted by atomic mass is 35.5. The predicted molar refractivity (Wildman–Crippen MR) is 137 cm³/mol. The number of carbonyl (C=O) groups is 3. The second kappa shape index (κ2) is 11.5. The van der Waals surface area contributed by atoms with E-state index in [1.54, 1.807) is 41.5 Å². The lowest BCUT2D eigenvalue weighted by atomic mass is 9.84. The summed E-state index contributed by atoms with van der Waals surface area (Å²) in [6.07, 6.45) is 0.481. The van der Waals surface area contributed by atoms with Crippen LogP contribution >= 0.6 is 23.2 Å². The lowest BCUT2D eigenvalue weighted by Crippen LogP contribution is -2.59. The average molecular weight is 556 g/mol. The molecule has 10 nitrogen and oxygen atoms in total. The van der Waals surface area contributed by atoms with Crippen molar-refractivity contribution in [3.63, 3.8) is 0 Å². The molecule has 0 aromatic carbocycles. The number of hydrogen-bond acceptors (Lipinski definition) is 8. The maximum absolute atomic E-state index is 13.0. The maximum atomic E-state index is 13.0. The Labute approximate surface area is 225 Å². The van der Waals surface area contributed by atoms with Gasteiger partial charge in [-0.3, -0.25) is 9.88 Å². The summed E-state index contributed by atoms with van der Waals surface area (Å²) in [5.74, 6) is -1.27. The smallest absolute Gasteiger partial charge is 0.479 e. The van der Waals surface area contributed by atoms with Gasteiger partial charge in [0.25, 0.3) is 0 Å². The van der Waals surface area contributed by atoms with Crippen LogP contribution in [-0.2, 0) is 27.1 Å². The van der Waals surface area contributed by atoms with Gasteiger partial charge in [-0.25, -0.2) is 19.4 Å². The van der Waals surface area contributed by atoms with Crippen LogP contribution in [0.3, 0.4) is 0 Å². The van der Waals surface area contributed by atoms with E-state index in [1.165, 1.54) is 37.6 Å². The summed E-state index contributed by atoms with van der Waals surface area (Å²) in [4.78, 5) is 47.0. The molecule has 0 aliphatic rings. The van der Waals surface area contributed by atoms with E-state index >= 15 is 0 Å². The minimum atomic E-state index is -1.87. The third-order valence-corrected chi connectivity index (χ3v) is 5.27. The van der Waals surface area contributed by atoms with Crippen molar-refractivity contribution in [2.24, 2.45) is 0 Å². The van der Waals surface area contributed by atoms with Crippen molar-refractivity contribution < 1.29 is 33.7 Å². The normalized spacial score (nSPS) is 13.3. The Morgan fingerprint density at radius 1 is 0.892 bits per heavy atom. The highest BCUT2D eigenvalue weighted by Crippen LogP contribution is 2.30. The molecule has 0 fully saturated rings. The van der Waals surface area contributed by atoms with E-state index in [2.05, 4.69) is 9.97 Å². The van der Waals surface area contributed by atoms with E-state index in [1.807, 2.05) is 0 Å². The Morgan fingerprint density at radius 3 is 1.95 bits per heavy atom. The molecule has 2 aromatic rings. The first kappa shape index (κ1) is 30.1. The molecule has 12 heteroatoms. The molecule has 202 valence electrons. The van der Waals surface area contributed by atoms with Gasteiger partial charge >= 0.3 is 18.2 Å². The number of nitrogens with zero attached hydrogens (tertiary/aromatic N) is 3. The van der Waals surface area contributed by atoms with Crippen molar-refractivity contribution in [1.82, 2.24) is 14.9 Å². The molecule has 2 aromatic heterocycles. The van der Waals surface area contributed by atoms with Crippen LogP contribution in [0.1, 0.15) is 52.7 Å². The lowest BCUT2D eigenvalue weighted by Gasteiger charge is -2.39. The summed E-state index contributed by atoms with van der Waals surface area (Å²) in [6.45, 7) is 10.1. The summed E-state index contributed by atoms with van der Waals surface area (Å²) >= 11 is 12.1. The van der Waals surface area contributed by atoms with E-state index in [0.717, 1.165) is 4.90 Å². The monoisotopic (exact) mass is 555 g/mol. The van der Waals surface area contributed by atoms with E-state index in [9.17, 15) is 19.5 Å². The van der Waals surface area contributed by atoms with Gasteiger partial charge in [0, 0.05) is 26.1 Å². The number of carboxylic acids is 1. The Kier molecular flexibility index (Phi) is 9.37. The molecule has 0 unspecified atom stereocenters. The zero-order valence-corrected chi connectivity index (χ0v) is 23.3. The Balaban J connectivity index is 2.51. The minimum Gasteiger partial charge on any atom is -0.479 e. The molecule has 1 amide bonds. The number of likely N-dealkylation sites (N-methyl/N-ethyl adjacent to an activating group) is 1. The fourth-order valence-electron chi connectivity index (χ4n) is 3.37. The fourth-order valence-corrected chi connectivity index (χ4v) is 3.88. The minimum absolute atomic E-state index is 0.0426. The number of amides is 1. The Hall–Kier alpha value is -3.11. The van der Waals surface area contributed by atoms with Crippen molar-refractivity contribution in [1.29, 1.82) is 0 Å². The quantitative estimate of drug-likeness (QED) is 0.344. The summed E-state index contributed by atoms with van der Waals surface area (Å²) < 4.78 is 15.8. The largest absolute Gasteiger partial charge is 0.514 e. The molecular weight excluding hydrogens is 525 g/mol. The van der Waals surface area contributed by atoms with E-state index < -0.39 is 35.0 Å². The molecule has 2 rings (SSSR count). The van der Waals surface area contributed by atoms with Crippen molar-refractivity contribution >= 4 is 41.4 Å². The highest BCUT2D eigenvalue weighted by Gasteiger charge is 2.47. The molecule has 0 saturated carbocycles. The number of pyridine rings is 2. The molecule has 1 N–H and O–H groups in total. The molecular formula is C25H31Cl2N3O7. The van der Waals surface area contributed by atoms with Crippen molar-refractivity contribution in [3.05, 3.63) is 52.0 Å². The van der Waals surface area contributed by atoms with E-state index in [-0.39, 0.29) is 28.9 Å². The number of rotatable bonds is 7. The molecule has 0 saturated heterocycles. The van der Waals surface area contributed by atoms with Gasteiger partial charge in [0.15, 0.2) is 11.3 Å². The Morgan fingerprint density at radius 2 is 1.43 bits per heavy atom.